The van der Waals surface area contributed by atoms with E-state index in [9.17, 15) is 4.39 Å². The highest BCUT2D eigenvalue weighted by Crippen LogP contribution is 2.28. The summed E-state index contributed by atoms with van der Waals surface area (Å²) in [6.07, 6.45) is -0.453. The molecule has 2 N–H and O–H groups in total. The van der Waals surface area contributed by atoms with Gasteiger partial charge in [-0.05, 0) is 35.9 Å². The average molecular weight is 300 g/mol. The molecule has 0 bridgehead atoms. The van der Waals surface area contributed by atoms with Gasteiger partial charge in [-0.1, -0.05) is 35.3 Å². The summed E-state index contributed by atoms with van der Waals surface area (Å²) in [4.78, 5) is 0. The highest BCUT2D eigenvalue weighted by Gasteiger charge is 2.13. The molecule has 19 heavy (non-hydrogen) atoms. The Morgan fingerprint density at radius 3 is 2.37 bits per heavy atom. The lowest BCUT2D eigenvalue weighted by Crippen LogP contribution is -2.18. The maximum atomic E-state index is 13.2. The third-order valence-corrected chi connectivity index (χ3v) is 2.99. The minimum absolute atomic E-state index is 0.216. The van der Waals surface area contributed by atoms with Gasteiger partial charge in [-0.25, -0.2) is 4.39 Å². The fourth-order valence-corrected chi connectivity index (χ4v) is 2.23. The van der Waals surface area contributed by atoms with Crippen molar-refractivity contribution >= 4 is 23.2 Å². The van der Waals surface area contributed by atoms with Crippen LogP contribution >= 0.6 is 23.2 Å². The van der Waals surface area contributed by atoms with Gasteiger partial charge in [-0.3, -0.25) is 0 Å². The minimum Gasteiger partial charge on any atom is -0.484 e. The summed E-state index contributed by atoms with van der Waals surface area (Å²) >= 11 is 11.8. The highest BCUT2D eigenvalue weighted by atomic mass is 35.5. The van der Waals surface area contributed by atoms with Gasteiger partial charge in [-0.2, -0.15) is 0 Å². The molecule has 1 unspecified atom stereocenters. The van der Waals surface area contributed by atoms with Crippen molar-refractivity contribution in [2.24, 2.45) is 5.73 Å². The monoisotopic (exact) mass is 299 g/mol. The molecule has 0 saturated carbocycles. The van der Waals surface area contributed by atoms with Crippen LogP contribution in [0.25, 0.3) is 0 Å². The summed E-state index contributed by atoms with van der Waals surface area (Å²) in [5.41, 5.74) is 6.33. The predicted molar refractivity (Wildman–Crippen MR) is 75.3 cm³/mol. The summed E-state index contributed by atoms with van der Waals surface area (Å²) in [6, 6.07) is 11.0. The molecule has 0 aliphatic heterocycles. The van der Waals surface area contributed by atoms with Gasteiger partial charge in [0.2, 0.25) is 0 Å². The lowest BCUT2D eigenvalue weighted by molar-refractivity contribution is 0.214. The number of nitrogens with two attached hydrogens (primary N) is 1. The van der Waals surface area contributed by atoms with Crippen LogP contribution in [0.3, 0.4) is 0 Å². The molecule has 2 rings (SSSR count). The Morgan fingerprint density at radius 1 is 1.11 bits per heavy atom. The SMILES string of the molecule is NCC(Oc1cc(Cl)cc(Cl)c1)c1cccc(F)c1. The molecule has 2 aromatic rings. The Kier molecular flexibility index (Phi) is 4.64. The molecule has 0 spiro atoms. The van der Waals surface area contributed by atoms with Gasteiger partial charge in [0.25, 0.3) is 0 Å². The third-order valence-electron chi connectivity index (χ3n) is 2.55. The Balaban J connectivity index is 2.23. The number of ether oxygens (including phenoxy) is 1. The van der Waals surface area contributed by atoms with Crippen molar-refractivity contribution in [2.45, 2.75) is 6.10 Å². The van der Waals surface area contributed by atoms with Gasteiger partial charge >= 0.3 is 0 Å². The van der Waals surface area contributed by atoms with E-state index in [-0.39, 0.29) is 12.4 Å². The molecular weight excluding hydrogens is 288 g/mol. The zero-order valence-electron chi connectivity index (χ0n) is 9.95. The maximum absolute atomic E-state index is 13.2. The molecule has 0 heterocycles. The van der Waals surface area contributed by atoms with Crippen molar-refractivity contribution in [1.82, 2.24) is 0 Å². The van der Waals surface area contributed by atoms with E-state index in [1.807, 2.05) is 0 Å². The topological polar surface area (TPSA) is 35.2 Å². The zero-order valence-corrected chi connectivity index (χ0v) is 11.5. The fraction of sp³-hybridized carbons (Fsp3) is 0.143. The van der Waals surface area contributed by atoms with Crippen molar-refractivity contribution in [2.75, 3.05) is 6.54 Å². The first kappa shape index (κ1) is 14.1. The number of hydrogen-bond donors (Lipinski definition) is 1. The molecule has 1 atom stereocenters. The number of rotatable bonds is 4. The van der Waals surface area contributed by atoms with E-state index in [4.69, 9.17) is 33.7 Å². The van der Waals surface area contributed by atoms with E-state index in [2.05, 4.69) is 0 Å². The van der Waals surface area contributed by atoms with Crippen molar-refractivity contribution in [3.63, 3.8) is 0 Å². The normalized spacial score (nSPS) is 12.2. The molecule has 2 nitrogen and oxygen atoms in total. The Bertz CT molecular complexity index is 557. The van der Waals surface area contributed by atoms with E-state index < -0.39 is 6.10 Å². The van der Waals surface area contributed by atoms with E-state index in [0.29, 0.717) is 21.4 Å². The van der Waals surface area contributed by atoms with Crippen LogP contribution in [-0.2, 0) is 0 Å². The molecule has 0 aromatic heterocycles. The van der Waals surface area contributed by atoms with Crippen molar-refractivity contribution in [3.8, 4) is 5.75 Å². The van der Waals surface area contributed by atoms with Gasteiger partial charge in [0.05, 0.1) is 0 Å². The molecule has 0 aliphatic rings. The van der Waals surface area contributed by atoms with Crippen molar-refractivity contribution in [3.05, 3.63) is 63.9 Å². The first-order valence-corrected chi connectivity index (χ1v) is 6.42. The van der Waals surface area contributed by atoms with Gasteiger partial charge in [0.1, 0.15) is 17.7 Å². The molecule has 0 aliphatic carbocycles. The van der Waals surface area contributed by atoms with Crippen LogP contribution in [0.1, 0.15) is 11.7 Å². The first-order chi connectivity index (χ1) is 9.08. The van der Waals surface area contributed by atoms with Crippen LogP contribution in [0.4, 0.5) is 4.39 Å². The van der Waals surface area contributed by atoms with E-state index >= 15 is 0 Å². The lowest BCUT2D eigenvalue weighted by atomic mass is 10.1. The second kappa shape index (κ2) is 6.24. The second-order valence-corrected chi connectivity index (χ2v) is 4.88. The number of halogens is 3. The van der Waals surface area contributed by atoms with Crippen molar-refractivity contribution in [1.29, 1.82) is 0 Å². The molecule has 0 amide bonds. The molecule has 0 fully saturated rings. The quantitative estimate of drug-likeness (QED) is 0.918. The molecule has 0 saturated heterocycles. The van der Waals surface area contributed by atoms with Gasteiger partial charge in [0.15, 0.2) is 0 Å². The summed E-state index contributed by atoms with van der Waals surface area (Å²) in [6.45, 7) is 0.216. The molecule has 0 radical (unpaired) electrons. The fourth-order valence-electron chi connectivity index (χ4n) is 1.72. The maximum Gasteiger partial charge on any atom is 0.136 e. The Labute approximate surface area is 120 Å². The minimum atomic E-state index is -0.453. The van der Waals surface area contributed by atoms with Crippen molar-refractivity contribution < 1.29 is 9.13 Å². The smallest absolute Gasteiger partial charge is 0.136 e. The first-order valence-electron chi connectivity index (χ1n) is 5.67. The third kappa shape index (κ3) is 3.83. The lowest BCUT2D eigenvalue weighted by Gasteiger charge is -2.18. The van der Waals surface area contributed by atoms with Crippen LogP contribution < -0.4 is 10.5 Å². The Hall–Kier alpha value is -1.29. The molecule has 5 heteroatoms. The van der Waals surface area contributed by atoms with E-state index in [1.165, 1.54) is 12.1 Å². The molecule has 100 valence electrons. The van der Waals surface area contributed by atoms with Crippen LogP contribution in [0.15, 0.2) is 42.5 Å². The van der Waals surface area contributed by atoms with Crippen LogP contribution in [-0.4, -0.2) is 6.54 Å². The van der Waals surface area contributed by atoms with Gasteiger partial charge in [0, 0.05) is 16.6 Å². The summed E-state index contributed by atoms with van der Waals surface area (Å²) < 4.78 is 18.9. The standard InChI is InChI=1S/C14H12Cl2FNO/c15-10-5-11(16)7-13(6-10)19-14(8-18)9-2-1-3-12(17)4-9/h1-7,14H,8,18H2. The van der Waals surface area contributed by atoms with Crippen LogP contribution in [0.5, 0.6) is 5.75 Å². The van der Waals surface area contributed by atoms with Crippen LogP contribution in [0, 0.1) is 5.82 Å². The van der Waals surface area contributed by atoms with Gasteiger partial charge in [-0.15, -0.1) is 0 Å². The number of hydrogen-bond acceptors (Lipinski definition) is 2. The second-order valence-electron chi connectivity index (χ2n) is 4.00. The predicted octanol–water partition coefficient (Wildman–Crippen LogP) is 4.21. The largest absolute Gasteiger partial charge is 0.484 e. The Morgan fingerprint density at radius 2 is 1.79 bits per heavy atom. The molecular formula is C14H12Cl2FNO. The van der Waals surface area contributed by atoms with E-state index in [0.717, 1.165) is 0 Å². The van der Waals surface area contributed by atoms with E-state index in [1.54, 1.807) is 30.3 Å². The average Bonchev–Trinajstić information content (AvgIpc) is 2.34. The molecule has 2 aromatic carbocycles. The van der Waals surface area contributed by atoms with Gasteiger partial charge < -0.3 is 10.5 Å². The summed E-state index contributed by atoms with van der Waals surface area (Å²) in [5, 5.41) is 0.940. The number of benzene rings is 2. The van der Waals surface area contributed by atoms with Crippen LogP contribution in [0.2, 0.25) is 10.0 Å². The highest BCUT2D eigenvalue weighted by molar-refractivity contribution is 6.34. The summed E-state index contributed by atoms with van der Waals surface area (Å²) in [5.74, 6) is 0.167. The summed E-state index contributed by atoms with van der Waals surface area (Å²) in [7, 11) is 0. The zero-order chi connectivity index (χ0) is 13.8.